The average molecular weight is 266 g/mol. The molecule has 0 saturated heterocycles. The maximum atomic E-state index is 12.0. The normalized spacial score (nSPS) is 16.2. The van der Waals surface area contributed by atoms with Gasteiger partial charge in [0.2, 0.25) is 0 Å². The number of amides is 1. The minimum Gasteiger partial charge on any atom is -0.444 e. The van der Waals surface area contributed by atoms with Gasteiger partial charge < -0.3 is 19.9 Å². The van der Waals surface area contributed by atoms with Crippen LogP contribution in [-0.4, -0.2) is 39.8 Å². The summed E-state index contributed by atoms with van der Waals surface area (Å²) in [5.41, 5.74) is 5.70. The number of hydrogen-bond donors (Lipinski definition) is 1. The molecule has 0 unspecified atom stereocenters. The first-order valence-corrected chi connectivity index (χ1v) is 6.12. The Morgan fingerprint density at radius 1 is 1.53 bits per heavy atom. The van der Waals surface area contributed by atoms with Crippen LogP contribution in [0.4, 0.5) is 10.7 Å². The lowest BCUT2D eigenvalue weighted by molar-refractivity contribution is 0.0272. The number of nitrogen functional groups attached to an aromatic ring is 1. The Bertz CT molecular complexity index is 501. The number of nitrogens with two attached hydrogens (primary N) is 1. The predicted octanol–water partition coefficient (Wildman–Crippen LogP) is 1.68. The summed E-state index contributed by atoms with van der Waals surface area (Å²) in [6.45, 7) is 6.51. The fraction of sp³-hybridized carbons (Fsp3) is 0.583. The van der Waals surface area contributed by atoms with Gasteiger partial charge in [-0.25, -0.2) is 4.79 Å². The van der Waals surface area contributed by atoms with Gasteiger partial charge in [-0.15, -0.1) is 0 Å². The van der Waals surface area contributed by atoms with Crippen LogP contribution in [0, 0.1) is 0 Å². The standard InChI is InChI=1S/C12H18N4O3/c1-12(2,3)18-11(17)16-6-4-5-8(7-16)9-14-10(13)15-19-9/h5H,4,6-7H2,1-3H3,(H2,13,15). The van der Waals surface area contributed by atoms with Crippen molar-refractivity contribution in [1.29, 1.82) is 0 Å². The van der Waals surface area contributed by atoms with Crippen molar-refractivity contribution in [2.75, 3.05) is 18.8 Å². The number of anilines is 1. The molecule has 2 rings (SSSR count). The molecule has 0 fully saturated rings. The fourth-order valence-corrected chi connectivity index (χ4v) is 1.75. The summed E-state index contributed by atoms with van der Waals surface area (Å²) in [7, 11) is 0. The second-order valence-electron chi connectivity index (χ2n) is 5.38. The van der Waals surface area contributed by atoms with Crippen molar-refractivity contribution in [3.8, 4) is 0 Å². The second-order valence-corrected chi connectivity index (χ2v) is 5.38. The second kappa shape index (κ2) is 4.91. The van der Waals surface area contributed by atoms with Crippen LogP contribution in [0.5, 0.6) is 0 Å². The number of nitrogens with zero attached hydrogens (tertiary/aromatic N) is 3. The van der Waals surface area contributed by atoms with Gasteiger partial charge in [0.15, 0.2) is 0 Å². The van der Waals surface area contributed by atoms with E-state index in [1.54, 1.807) is 4.90 Å². The molecule has 2 heterocycles. The summed E-state index contributed by atoms with van der Waals surface area (Å²) in [4.78, 5) is 17.5. The van der Waals surface area contributed by atoms with E-state index < -0.39 is 5.60 Å². The van der Waals surface area contributed by atoms with Gasteiger partial charge in [0, 0.05) is 12.1 Å². The van der Waals surface area contributed by atoms with E-state index in [-0.39, 0.29) is 12.0 Å². The van der Waals surface area contributed by atoms with E-state index in [9.17, 15) is 4.79 Å². The molecule has 7 nitrogen and oxygen atoms in total. The van der Waals surface area contributed by atoms with E-state index in [1.165, 1.54) is 0 Å². The monoisotopic (exact) mass is 266 g/mol. The molecule has 1 amide bonds. The Hall–Kier alpha value is -2.05. The third-order valence-corrected chi connectivity index (χ3v) is 2.52. The van der Waals surface area contributed by atoms with Crippen molar-refractivity contribution in [1.82, 2.24) is 15.0 Å². The van der Waals surface area contributed by atoms with E-state index in [0.29, 0.717) is 19.0 Å². The molecule has 0 radical (unpaired) electrons. The smallest absolute Gasteiger partial charge is 0.410 e. The number of aromatic nitrogens is 2. The van der Waals surface area contributed by atoms with Crippen LogP contribution in [0.1, 0.15) is 33.1 Å². The van der Waals surface area contributed by atoms with Crippen molar-refractivity contribution >= 4 is 17.6 Å². The molecule has 0 aromatic carbocycles. The molecule has 1 aliphatic rings. The van der Waals surface area contributed by atoms with Gasteiger partial charge in [0.25, 0.3) is 11.8 Å². The molecule has 2 N–H and O–H groups in total. The molecule has 1 aliphatic heterocycles. The summed E-state index contributed by atoms with van der Waals surface area (Å²) < 4.78 is 10.3. The Morgan fingerprint density at radius 2 is 2.26 bits per heavy atom. The third kappa shape index (κ3) is 3.46. The largest absolute Gasteiger partial charge is 0.444 e. The summed E-state index contributed by atoms with van der Waals surface area (Å²) >= 11 is 0. The predicted molar refractivity (Wildman–Crippen MR) is 69.1 cm³/mol. The fourth-order valence-electron chi connectivity index (χ4n) is 1.75. The quantitative estimate of drug-likeness (QED) is 0.831. The molecule has 0 bridgehead atoms. The van der Waals surface area contributed by atoms with Gasteiger partial charge in [-0.1, -0.05) is 6.08 Å². The molecule has 7 heteroatoms. The number of hydrogen-bond acceptors (Lipinski definition) is 6. The van der Waals surface area contributed by atoms with Gasteiger partial charge in [-0.2, -0.15) is 4.98 Å². The van der Waals surface area contributed by atoms with Crippen LogP contribution >= 0.6 is 0 Å². The highest BCUT2D eigenvalue weighted by atomic mass is 16.6. The number of carbonyl (C=O) groups excluding carboxylic acids is 1. The molecular weight excluding hydrogens is 248 g/mol. The van der Waals surface area contributed by atoms with Crippen molar-refractivity contribution in [3.63, 3.8) is 0 Å². The highest BCUT2D eigenvalue weighted by Crippen LogP contribution is 2.21. The molecule has 1 aromatic rings. The molecule has 19 heavy (non-hydrogen) atoms. The highest BCUT2D eigenvalue weighted by Gasteiger charge is 2.26. The molecule has 1 aromatic heterocycles. The third-order valence-electron chi connectivity index (χ3n) is 2.52. The Balaban J connectivity index is 2.04. The minimum absolute atomic E-state index is 0.0882. The average Bonchev–Trinajstić information content (AvgIpc) is 2.74. The van der Waals surface area contributed by atoms with Crippen LogP contribution in [0.2, 0.25) is 0 Å². The number of rotatable bonds is 1. The zero-order valence-corrected chi connectivity index (χ0v) is 11.3. The van der Waals surface area contributed by atoms with E-state index in [1.807, 2.05) is 26.8 Å². The maximum Gasteiger partial charge on any atom is 0.410 e. The zero-order valence-electron chi connectivity index (χ0n) is 11.3. The maximum absolute atomic E-state index is 12.0. The minimum atomic E-state index is -0.507. The molecule has 0 saturated carbocycles. The summed E-state index contributed by atoms with van der Waals surface area (Å²) in [6, 6.07) is 0. The molecule has 104 valence electrons. The van der Waals surface area contributed by atoms with E-state index in [4.69, 9.17) is 15.0 Å². The summed E-state index contributed by atoms with van der Waals surface area (Å²) in [5, 5.41) is 3.54. The molecule has 0 aliphatic carbocycles. The van der Waals surface area contributed by atoms with Gasteiger partial charge in [0.1, 0.15) is 5.60 Å². The van der Waals surface area contributed by atoms with E-state index >= 15 is 0 Å². The number of carbonyl (C=O) groups is 1. The summed E-state index contributed by atoms with van der Waals surface area (Å²) in [6.07, 6.45) is 2.34. The Kier molecular flexibility index (Phi) is 3.46. The van der Waals surface area contributed by atoms with Gasteiger partial charge in [-0.3, -0.25) is 0 Å². The molecule has 0 atom stereocenters. The van der Waals surface area contributed by atoms with Gasteiger partial charge in [0.05, 0.1) is 6.54 Å². The van der Waals surface area contributed by atoms with Gasteiger partial charge in [-0.05, 0) is 32.3 Å². The van der Waals surface area contributed by atoms with Crippen LogP contribution in [0.3, 0.4) is 0 Å². The zero-order chi connectivity index (χ0) is 14.0. The Labute approximate surface area is 111 Å². The van der Waals surface area contributed by atoms with Crippen molar-refractivity contribution in [2.24, 2.45) is 0 Å². The first kappa shape index (κ1) is 13.4. The lowest BCUT2D eigenvalue weighted by Gasteiger charge is -2.29. The van der Waals surface area contributed by atoms with Gasteiger partial charge >= 0.3 is 6.09 Å². The van der Waals surface area contributed by atoms with Crippen molar-refractivity contribution in [3.05, 3.63) is 12.0 Å². The Morgan fingerprint density at radius 3 is 2.84 bits per heavy atom. The van der Waals surface area contributed by atoms with E-state index in [0.717, 1.165) is 12.0 Å². The SMILES string of the molecule is CC(C)(C)OC(=O)N1CCC=C(c2nc(N)no2)C1. The number of ether oxygens (including phenoxy) is 1. The van der Waals surface area contributed by atoms with Crippen LogP contribution in [0.25, 0.3) is 5.57 Å². The molecular formula is C12H18N4O3. The van der Waals surface area contributed by atoms with Crippen LogP contribution in [0.15, 0.2) is 10.6 Å². The first-order valence-electron chi connectivity index (χ1n) is 6.12. The summed E-state index contributed by atoms with van der Waals surface area (Å²) in [5.74, 6) is 0.441. The van der Waals surface area contributed by atoms with Crippen LogP contribution in [-0.2, 0) is 4.74 Å². The first-order chi connectivity index (χ1) is 8.85. The van der Waals surface area contributed by atoms with E-state index in [2.05, 4.69) is 10.1 Å². The lowest BCUT2D eigenvalue weighted by atomic mass is 10.1. The highest BCUT2D eigenvalue weighted by molar-refractivity contribution is 5.73. The molecule has 0 spiro atoms. The van der Waals surface area contributed by atoms with Crippen molar-refractivity contribution < 1.29 is 14.1 Å². The van der Waals surface area contributed by atoms with Crippen LogP contribution < -0.4 is 5.73 Å². The van der Waals surface area contributed by atoms with Crippen molar-refractivity contribution in [2.45, 2.75) is 32.8 Å². The topological polar surface area (TPSA) is 94.5 Å². The lowest BCUT2D eigenvalue weighted by Crippen LogP contribution is -2.39.